The Hall–Kier alpha value is -2.93. The van der Waals surface area contributed by atoms with Gasteiger partial charge < -0.3 is 29.6 Å². The van der Waals surface area contributed by atoms with Gasteiger partial charge in [-0.15, -0.1) is 0 Å². The molecule has 0 fully saturated rings. The van der Waals surface area contributed by atoms with E-state index < -0.39 is 0 Å². The standard InChI is InChI=1S/C20H26N2O5/c1-24-16-9-8-14(12-18(16)26-3)20(23)22-11-10-21-13-15-6-5-7-17(25-2)19(15)27-4/h5-9,12,21H,10-11,13H2,1-4H3,(H,22,23). The van der Waals surface area contributed by atoms with Crippen LogP contribution < -0.4 is 29.6 Å². The summed E-state index contributed by atoms with van der Waals surface area (Å²) in [6.45, 7) is 1.70. The van der Waals surface area contributed by atoms with E-state index in [0.29, 0.717) is 48.2 Å². The molecule has 0 aromatic heterocycles. The zero-order chi connectivity index (χ0) is 19.6. The van der Waals surface area contributed by atoms with Crippen molar-refractivity contribution in [2.75, 3.05) is 41.5 Å². The molecule has 2 rings (SSSR count). The van der Waals surface area contributed by atoms with E-state index in [-0.39, 0.29) is 5.91 Å². The minimum Gasteiger partial charge on any atom is -0.493 e. The van der Waals surface area contributed by atoms with Gasteiger partial charge in [-0.2, -0.15) is 0 Å². The maximum atomic E-state index is 12.3. The van der Waals surface area contributed by atoms with Gasteiger partial charge in [0.1, 0.15) is 0 Å². The van der Waals surface area contributed by atoms with Gasteiger partial charge in [0.25, 0.3) is 5.91 Å². The number of methoxy groups -OCH3 is 4. The highest BCUT2D eigenvalue weighted by Crippen LogP contribution is 2.30. The highest BCUT2D eigenvalue weighted by molar-refractivity contribution is 5.94. The van der Waals surface area contributed by atoms with Crippen molar-refractivity contribution in [2.24, 2.45) is 0 Å². The lowest BCUT2D eigenvalue weighted by Gasteiger charge is -2.13. The number of hydrogen-bond donors (Lipinski definition) is 2. The summed E-state index contributed by atoms with van der Waals surface area (Å²) in [4.78, 5) is 12.3. The van der Waals surface area contributed by atoms with Crippen molar-refractivity contribution < 1.29 is 23.7 Å². The van der Waals surface area contributed by atoms with E-state index in [2.05, 4.69) is 10.6 Å². The number of amides is 1. The first-order valence-electron chi connectivity index (χ1n) is 8.55. The summed E-state index contributed by atoms with van der Waals surface area (Å²) >= 11 is 0. The molecule has 2 aromatic rings. The van der Waals surface area contributed by atoms with Gasteiger partial charge in [0.2, 0.25) is 0 Å². The quantitative estimate of drug-likeness (QED) is 0.621. The third-order valence-corrected chi connectivity index (χ3v) is 4.03. The third-order valence-electron chi connectivity index (χ3n) is 4.03. The summed E-state index contributed by atoms with van der Waals surface area (Å²) in [5.74, 6) is 2.34. The minimum absolute atomic E-state index is 0.170. The van der Waals surface area contributed by atoms with Gasteiger partial charge in [-0.1, -0.05) is 12.1 Å². The van der Waals surface area contributed by atoms with Crippen LogP contribution in [-0.4, -0.2) is 47.4 Å². The van der Waals surface area contributed by atoms with Crippen molar-refractivity contribution >= 4 is 5.91 Å². The second-order valence-corrected chi connectivity index (χ2v) is 5.66. The molecule has 0 aliphatic carbocycles. The van der Waals surface area contributed by atoms with E-state index in [0.717, 1.165) is 5.56 Å². The molecule has 0 radical (unpaired) electrons. The maximum absolute atomic E-state index is 12.3. The Labute approximate surface area is 159 Å². The Balaban J connectivity index is 1.83. The number of carbonyl (C=O) groups excluding carboxylic acids is 1. The minimum atomic E-state index is -0.170. The van der Waals surface area contributed by atoms with Gasteiger partial charge in [0.15, 0.2) is 23.0 Å². The van der Waals surface area contributed by atoms with E-state index in [1.807, 2.05) is 18.2 Å². The van der Waals surface area contributed by atoms with Crippen LogP contribution in [0.25, 0.3) is 0 Å². The summed E-state index contributed by atoms with van der Waals surface area (Å²) < 4.78 is 21.1. The molecule has 0 atom stereocenters. The van der Waals surface area contributed by atoms with E-state index in [4.69, 9.17) is 18.9 Å². The van der Waals surface area contributed by atoms with Gasteiger partial charge in [0.05, 0.1) is 28.4 Å². The lowest BCUT2D eigenvalue weighted by Crippen LogP contribution is -2.31. The molecule has 0 unspecified atom stereocenters. The average molecular weight is 374 g/mol. The van der Waals surface area contributed by atoms with Gasteiger partial charge in [-0.25, -0.2) is 0 Å². The molecule has 0 aliphatic heterocycles. The normalized spacial score (nSPS) is 10.2. The zero-order valence-electron chi connectivity index (χ0n) is 16.1. The Morgan fingerprint density at radius 2 is 1.59 bits per heavy atom. The Morgan fingerprint density at radius 1 is 0.852 bits per heavy atom. The van der Waals surface area contributed by atoms with Crippen molar-refractivity contribution in [3.63, 3.8) is 0 Å². The first kappa shape index (κ1) is 20.4. The summed E-state index contributed by atoms with van der Waals surface area (Å²) in [6.07, 6.45) is 0. The van der Waals surface area contributed by atoms with E-state index in [1.54, 1.807) is 39.5 Å². The largest absolute Gasteiger partial charge is 0.493 e. The van der Waals surface area contributed by atoms with Gasteiger partial charge in [0, 0.05) is 30.8 Å². The fourth-order valence-corrected chi connectivity index (χ4v) is 2.66. The molecule has 0 aliphatic rings. The smallest absolute Gasteiger partial charge is 0.251 e. The number of rotatable bonds is 10. The van der Waals surface area contributed by atoms with Gasteiger partial charge in [-0.3, -0.25) is 4.79 Å². The van der Waals surface area contributed by atoms with Crippen LogP contribution >= 0.6 is 0 Å². The fraction of sp³-hybridized carbons (Fsp3) is 0.350. The molecule has 0 saturated carbocycles. The summed E-state index contributed by atoms with van der Waals surface area (Å²) in [5, 5.41) is 6.15. The summed E-state index contributed by atoms with van der Waals surface area (Å²) in [7, 11) is 6.32. The lowest BCUT2D eigenvalue weighted by atomic mass is 10.2. The topological polar surface area (TPSA) is 78.1 Å². The third kappa shape index (κ3) is 5.27. The lowest BCUT2D eigenvalue weighted by molar-refractivity contribution is 0.0953. The predicted molar refractivity (Wildman–Crippen MR) is 103 cm³/mol. The number of carbonyl (C=O) groups is 1. The molecule has 7 heteroatoms. The van der Waals surface area contributed by atoms with Crippen LogP contribution in [0, 0.1) is 0 Å². The van der Waals surface area contributed by atoms with Crippen LogP contribution in [0.5, 0.6) is 23.0 Å². The molecule has 0 spiro atoms. The molecular weight excluding hydrogens is 348 g/mol. The second kappa shape index (κ2) is 10.3. The van der Waals surface area contributed by atoms with E-state index in [9.17, 15) is 4.79 Å². The molecule has 2 N–H and O–H groups in total. The van der Waals surface area contributed by atoms with Crippen LogP contribution in [-0.2, 0) is 6.54 Å². The second-order valence-electron chi connectivity index (χ2n) is 5.66. The molecule has 146 valence electrons. The SMILES string of the molecule is COc1ccc(C(=O)NCCNCc2cccc(OC)c2OC)cc1OC. The number of nitrogens with one attached hydrogen (secondary N) is 2. The number of para-hydroxylation sites is 1. The highest BCUT2D eigenvalue weighted by atomic mass is 16.5. The van der Waals surface area contributed by atoms with Gasteiger partial charge in [-0.05, 0) is 24.3 Å². The Morgan fingerprint density at radius 3 is 2.26 bits per heavy atom. The summed E-state index contributed by atoms with van der Waals surface area (Å²) in [5.41, 5.74) is 1.50. The van der Waals surface area contributed by atoms with Crippen LogP contribution in [0.2, 0.25) is 0 Å². The van der Waals surface area contributed by atoms with E-state index >= 15 is 0 Å². The number of hydrogen-bond acceptors (Lipinski definition) is 6. The Kier molecular flexibility index (Phi) is 7.76. The van der Waals surface area contributed by atoms with Gasteiger partial charge >= 0.3 is 0 Å². The maximum Gasteiger partial charge on any atom is 0.251 e. The van der Waals surface area contributed by atoms with Crippen LogP contribution in [0.15, 0.2) is 36.4 Å². The monoisotopic (exact) mass is 374 g/mol. The van der Waals surface area contributed by atoms with Crippen molar-refractivity contribution in [2.45, 2.75) is 6.54 Å². The van der Waals surface area contributed by atoms with Crippen LogP contribution in [0.4, 0.5) is 0 Å². The molecule has 0 bridgehead atoms. The molecular formula is C20H26N2O5. The molecule has 0 heterocycles. The highest BCUT2D eigenvalue weighted by Gasteiger charge is 2.11. The Bertz CT molecular complexity index is 764. The number of benzene rings is 2. The molecule has 0 saturated heterocycles. The van der Waals surface area contributed by atoms with Crippen molar-refractivity contribution in [1.29, 1.82) is 0 Å². The van der Waals surface area contributed by atoms with Crippen molar-refractivity contribution in [3.8, 4) is 23.0 Å². The predicted octanol–water partition coefficient (Wildman–Crippen LogP) is 2.24. The van der Waals surface area contributed by atoms with Crippen LogP contribution in [0.1, 0.15) is 15.9 Å². The molecule has 27 heavy (non-hydrogen) atoms. The fourth-order valence-electron chi connectivity index (χ4n) is 2.66. The average Bonchev–Trinajstić information content (AvgIpc) is 2.72. The molecule has 1 amide bonds. The first-order valence-corrected chi connectivity index (χ1v) is 8.55. The first-order chi connectivity index (χ1) is 13.1. The molecule has 7 nitrogen and oxygen atoms in total. The van der Waals surface area contributed by atoms with Crippen LogP contribution in [0.3, 0.4) is 0 Å². The van der Waals surface area contributed by atoms with Crippen molar-refractivity contribution in [3.05, 3.63) is 47.5 Å². The zero-order valence-corrected chi connectivity index (χ0v) is 16.1. The van der Waals surface area contributed by atoms with E-state index in [1.165, 1.54) is 7.11 Å². The molecule has 2 aromatic carbocycles. The van der Waals surface area contributed by atoms with Crippen molar-refractivity contribution in [1.82, 2.24) is 10.6 Å². The summed E-state index contributed by atoms with van der Waals surface area (Å²) in [6, 6.07) is 10.8. The number of ether oxygens (including phenoxy) is 4.